The summed E-state index contributed by atoms with van der Waals surface area (Å²) in [5, 5.41) is 14.9. The van der Waals surface area contributed by atoms with Gasteiger partial charge in [-0.2, -0.15) is 11.8 Å². The molecule has 0 aliphatic carbocycles. The Bertz CT molecular complexity index is 260. The number of hydrogen-bond acceptors (Lipinski definition) is 5. The number of ketones is 1. The molecule has 3 N–H and O–H groups in total. The van der Waals surface area contributed by atoms with Gasteiger partial charge in [0.25, 0.3) is 0 Å². The molecule has 0 aromatic heterocycles. The Labute approximate surface area is 113 Å². The van der Waals surface area contributed by atoms with Crippen LogP contribution in [0.25, 0.3) is 0 Å². The average molecular weight is 276 g/mol. The van der Waals surface area contributed by atoms with Crippen molar-refractivity contribution in [2.45, 2.75) is 38.3 Å². The van der Waals surface area contributed by atoms with Crippen molar-refractivity contribution in [3.05, 3.63) is 0 Å². The number of aliphatic hydroxyl groups is 1. The fourth-order valence-electron chi connectivity index (χ4n) is 1.60. The maximum atomic E-state index is 11.7. The minimum Gasteiger partial charge on any atom is -0.391 e. The molecule has 0 rings (SSSR count). The second-order valence-corrected chi connectivity index (χ2v) is 5.16. The summed E-state index contributed by atoms with van der Waals surface area (Å²) in [5.41, 5.74) is 0. The number of thioether (sulfide) groups is 1. The molecule has 1 amide bonds. The number of rotatable bonds is 10. The number of Topliss-reactive ketones (excluding diaryl/α,β-unsaturated/α-hetero) is 1. The predicted molar refractivity (Wildman–Crippen MR) is 74.8 cm³/mol. The number of amides is 1. The number of carbonyl (C=O) groups excluding carboxylic acids is 2. The summed E-state index contributed by atoms with van der Waals surface area (Å²) in [6, 6.07) is -0.516. The lowest BCUT2D eigenvalue weighted by atomic mass is 10.0. The van der Waals surface area contributed by atoms with Gasteiger partial charge in [-0.3, -0.25) is 9.59 Å². The van der Waals surface area contributed by atoms with Gasteiger partial charge in [0, 0.05) is 25.1 Å². The van der Waals surface area contributed by atoms with E-state index in [9.17, 15) is 14.7 Å². The van der Waals surface area contributed by atoms with Crippen molar-refractivity contribution in [2.75, 3.05) is 25.6 Å². The van der Waals surface area contributed by atoms with E-state index in [0.717, 1.165) is 5.75 Å². The lowest BCUT2D eigenvalue weighted by molar-refractivity contribution is -0.124. The molecule has 2 atom stereocenters. The summed E-state index contributed by atoms with van der Waals surface area (Å²) in [4.78, 5) is 23.0. The Morgan fingerprint density at radius 1 is 1.33 bits per heavy atom. The predicted octanol–water partition coefficient (Wildman–Crippen LogP) is 0.174. The average Bonchev–Trinajstić information content (AvgIpc) is 2.32. The van der Waals surface area contributed by atoms with Gasteiger partial charge in [0.15, 0.2) is 5.78 Å². The van der Waals surface area contributed by atoms with E-state index in [2.05, 4.69) is 10.6 Å². The van der Waals surface area contributed by atoms with Crippen LogP contribution in [0.15, 0.2) is 0 Å². The van der Waals surface area contributed by atoms with E-state index in [-0.39, 0.29) is 11.7 Å². The van der Waals surface area contributed by atoms with E-state index < -0.39 is 12.1 Å². The Kier molecular flexibility index (Phi) is 10.0. The van der Waals surface area contributed by atoms with Crippen LogP contribution in [0.2, 0.25) is 0 Å². The first kappa shape index (κ1) is 17.4. The van der Waals surface area contributed by atoms with E-state index >= 15 is 0 Å². The molecule has 0 saturated carbocycles. The quantitative estimate of drug-likeness (QED) is 0.496. The summed E-state index contributed by atoms with van der Waals surface area (Å²) in [6.45, 7) is 2.10. The van der Waals surface area contributed by atoms with Crippen molar-refractivity contribution in [2.24, 2.45) is 0 Å². The molecule has 0 aromatic carbocycles. The monoisotopic (exact) mass is 276 g/mol. The molecule has 106 valence electrons. The SMILES string of the molecule is CN[C@H](C(=O)CCCNC(=O)CCSC)[C@@H](C)O. The number of hydrogen-bond donors (Lipinski definition) is 3. The molecule has 6 heteroatoms. The van der Waals surface area contributed by atoms with Gasteiger partial charge in [-0.25, -0.2) is 0 Å². The fourth-order valence-corrected chi connectivity index (χ4v) is 1.99. The van der Waals surface area contributed by atoms with Crippen LogP contribution >= 0.6 is 11.8 Å². The highest BCUT2D eigenvalue weighted by molar-refractivity contribution is 7.98. The molecule has 0 saturated heterocycles. The van der Waals surface area contributed by atoms with Gasteiger partial charge < -0.3 is 15.7 Å². The first-order valence-electron chi connectivity index (χ1n) is 6.16. The molecule has 0 aliphatic rings. The minimum atomic E-state index is -0.696. The van der Waals surface area contributed by atoms with Crippen LogP contribution in [0, 0.1) is 0 Å². The maximum absolute atomic E-state index is 11.7. The molecule has 0 aromatic rings. The highest BCUT2D eigenvalue weighted by Gasteiger charge is 2.20. The number of carbonyl (C=O) groups is 2. The van der Waals surface area contributed by atoms with Crippen LogP contribution < -0.4 is 10.6 Å². The van der Waals surface area contributed by atoms with E-state index in [1.54, 1.807) is 25.7 Å². The van der Waals surface area contributed by atoms with Crippen molar-refractivity contribution in [1.29, 1.82) is 0 Å². The highest BCUT2D eigenvalue weighted by Crippen LogP contribution is 2.00. The summed E-state index contributed by atoms with van der Waals surface area (Å²) >= 11 is 1.63. The van der Waals surface area contributed by atoms with Crippen LogP contribution in [0.4, 0.5) is 0 Å². The Hall–Kier alpha value is -0.590. The first-order chi connectivity index (χ1) is 8.52. The molecule has 0 bridgehead atoms. The van der Waals surface area contributed by atoms with E-state index in [1.165, 1.54) is 0 Å². The number of likely N-dealkylation sites (N-methyl/N-ethyl adjacent to an activating group) is 1. The van der Waals surface area contributed by atoms with E-state index in [0.29, 0.717) is 25.8 Å². The van der Waals surface area contributed by atoms with E-state index in [4.69, 9.17) is 0 Å². The standard InChI is InChI=1S/C12H24N2O3S/c1-9(15)12(13-2)10(16)5-4-7-14-11(17)6-8-18-3/h9,12-13,15H,4-8H2,1-3H3,(H,14,17)/t9-,12+/m1/s1. The van der Waals surface area contributed by atoms with Crippen LogP contribution in [-0.4, -0.2) is 54.5 Å². The molecule has 18 heavy (non-hydrogen) atoms. The summed E-state index contributed by atoms with van der Waals surface area (Å²) in [7, 11) is 1.65. The topological polar surface area (TPSA) is 78.4 Å². The van der Waals surface area contributed by atoms with Crippen LogP contribution in [0.3, 0.4) is 0 Å². The molecule has 0 unspecified atom stereocenters. The minimum absolute atomic E-state index is 0.0223. The summed E-state index contributed by atoms with van der Waals surface area (Å²) < 4.78 is 0. The largest absolute Gasteiger partial charge is 0.391 e. The molecule has 5 nitrogen and oxygen atoms in total. The normalized spacial score (nSPS) is 14.0. The van der Waals surface area contributed by atoms with Crippen molar-refractivity contribution in [3.63, 3.8) is 0 Å². The van der Waals surface area contributed by atoms with Crippen LogP contribution in [-0.2, 0) is 9.59 Å². The number of aliphatic hydroxyl groups excluding tert-OH is 1. The van der Waals surface area contributed by atoms with Gasteiger partial charge in [-0.1, -0.05) is 0 Å². The van der Waals surface area contributed by atoms with Crippen molar-refractivity contribution in [1.82, 2.24) is 10.6 Å². The maximum Gasteiger partial charge on any atom is 0.220 e. The molecular weight excluding hydrogens is 252 g/mol. The third kappa shape index (κ3) is 7.68. The summed E-state index contributed by atoms with van der Waals surface area (Å²) in [5.74, 6) is 0.817. The van der Waals surface area contributed by atoms with Gasteiger partial charge in [-0.05, 0) is 26.6 Å². The number of nitrogens with one attached hydrogen (secondary N) is 2. The zero-order chi connectivity index (χ0) is 14.0. The zero-order valence-corrected chi connectivity index (χ0v) is 12.2. The smallest absolute Gasteiger partial charge is 0.220 e. The van der Waals surface area contributed by atoms with Crippen molar-refractivity contribution in [3.8, 4) is 0 Å². The highest BCUT2D eigenvalue weighted by atomic mass is 32.2. The Balaban J connectivity index is 3.71. The van der Waals surface area contributed by atoms with Gasteiger partial charge >= 0.3 is 0 Å². The second kappa shape index (κ2) is 10.3. The molecule has 0 spiro atoms. The third-order valence-electron chi connectivity index (χ3n) is 2.60. The van der Waals surface area contributed by atoms with Gasteiger partial charge in [-0.15, -0.1) is 0 Å². The molecular formula is C12H24N2O3S. The van der Waals surface area contributed by atoms with Crippen molar-refractivity contribution >= 4 is 23.5 Å². The fraction of sp³-hybridized carbons (Fsp3) is 0.833. The Morgan fingerprint density at radius 2 is 2.00 bits per heavy atom. The molecule has 0 radical (unpaired) electrons. The molecule has 0 fully saturated rings. The van der Waals surface area contributed by atoms with E-state index in [1.807, 2.05) is 6.26 Å². The zero-order valence-electron chi connectivity index (χ0n) is 11.4. The second-order valence-electron chi connectivity index (χ2n) is 4.17. The van der Waals surface area contributed by atoms with Crippen LogP contribution in [0.1, 0.15) is 26.2 Å². The van der Waals surface area contributed by atoms with Gasteiger partial charge in [0.1, 0.15) is 0 Å². The van der Waals surface area contributed by atoms with Gasteiger partial charge in [0.05, 0.1) is 12.1 Å². The molecule has 0 aliphatic heterocycles. The summed E-state index contributed by atoms with van der Waals surface area (Å²) in [6.07, 6.45) is 2.74. The van der Waals surface area contributed by atoms with Gasteiger partial charge in [0.2, 0.25) is 5.91 Å². The Morgan fingerprint density at radius 3 is 2.50 bits per heavy atom. The van der Waals surface area contributed by atoms with Crippen LogP contribution in [0.5, 0.6) is 0 Å². The lowest BCUT2D eigenvalue weighted by Gasteiger charge is -2.17. The van der Waals surface area contributed by atoms with Crippen molar-refractivity contribution < 1.29 is 14.7 Å². The molecule has 0 heterocycles. The lowest BCUT2D eigenvalue weighted by Crippen LogP contribution is -2.43. The first-order valence-corrected chi connectivity index (χ1v) is 7.56. The third-order valence-corrected chi connectivity index (χ3v) is 3.21.